The third-order valence-corrected chi connectivity index (χ3v) is 4.59. The first kappa shape index (κ1) is 13.9. The van der Waals surface area contributed by atoms with Gasteiger partial charge in [0, 0.05) is 11.9 Å². The van der Waals surface area contributed by atoms with Crippen molar-refractivity contribution in [3.05, 3.63) is 40.2 Å². The van der Waals surface area contributed by atoms with Crippen LogP contribution in [0.4, 0.5) is 0 Å². The normalized spacial score (nSPS) is 12.8. The van der Waals surface area contributed by atoms with Crippen molar-refractivity contribution in [3.63, 3.8) is 0 Å². The van der Waals surface area contributed by atoms with Crippen LogP contribution in [-0.4, -0.2) is 25.9 Å². The van der Waals surface area contributed by atoms with Crippen molar-refractivity contribution in [2.24, 2.45) is 0 Å². The molecule has 0 radical (unpaired) electrons. The number of hydrogen-bond acceptors (Lipinski definition) is 4. The lowest BCUT2D eigenvalue weighted by molar-refractivity contribution is 0.358. The van der Waals surface area contributed by atoms with E-state index in [2.05, 4.69) is 0 Å². The molecule has 1 aliphatic heterocycles. The smallest absolute Gasteiger partial charge is 0.259 e. The number of rotatable bonds is 3. The average molecular weight is 311 g/mol. The van der Waals surface area contributed by atoms with Gasteiger partial charge in [0.15, 0.2) is 11.5 Å². The zero-order valence-corrected chi connectivity index (χ0v) is 13.3. The molecular weight excluding hydrogens is 294 g/mol. The zero-order valence-electron chi connectivity index (χ0n) is 13.3. The molecule has 0 saturated carbocycles. The van der Waals surface area contributed by atoms with E-state index in [0.717, 1.165) is 34.0 Å². The highest BCUT2D eigenvalue weighted by Crippen LogP contribution is 2.43. The summed E-state index contributed by atoms with van der Waals surface area (Å²) in [6.45, 7) is 0.697. The van der Waals surface area contributed by atoms with Crippen LogP contribution in [0.5, 0.6) is 17.2 Å². The summed E-state index contributed by atoms with van der Waals surface area (Å²) in [5, 5.41) is 2.28. The Morgan fingerprint density at radius 3 is 2.35 bits per heavy atom. The molecule has 0 bridgehead atoms. The van der Waals surface area contributed by atoms with E-state index >= 15 is 0 Å². The van der Waals surface area contributed by atoms with E-state index in [1.54, 1.807) is 33.5 Å². The van der Waals surface area contributed by atoms with Gasteiger partial charge in [0.1, 0.15) is 5.75 Å². The average Bonchev–Trinajstić information content (AvgIpc) is 3.02. The molecule has 0 fully saturated rings. The van der Waals surface area contributed by atoms with E-state index < -0.39 is 0 Å². The number of benzene rings is 2. The number of aryl methyl sites for hydroxylation is 2. The molecule has 0 aliphatic carbocycles. The third kappa shape index (κ3) is 1.70. The van der Waals surface area contributed by atoms with E-state index in [0.29, 0.717) is 23.4 Å². The number of aromatic nitrogens is 1. The van der Waals surface area contributed by atoms with Crippen LogP contribution < -0.4 is 19.8 Å². The van der Waals surface area contributed by atoms with Crippen molar-refractivity contribution in [1.82, 2.24) is 4.57 Å². The molecule has 4 rings (SSSR count). The van der Waals surface area contributed by atoms with Gasteiger partial charge in [-0.3, -0.25) is 4.79 Å². The summed E-state index contributed by atoms with van der Waals surface area (Å²) in [5.74, 6) is 1.90. The van der Waals surface area contributed by atoms with Gasteiger partial charge in [-0.05, 0) is 30.2 Å². The minimum absolute atomic E-state index is 0.000422. The van der Waals surface area contributed by atoms with Gasteiger partial charge in [0.25, 0.3) is 5.56 Å². The highest BCUT2D eigenvalue weighted by Gasteiger charge is 2.24. The van der Waals surface area contributed by atoms with Crippen molar-refractivity contribution in [1.29, 1.82) is 0 Å². The molecule has 5 nitrogen and oxygen atoms in total. The Morgan fingerprint density at radius 2 is 1.65 bits per heavy atom. The van der Waals surface area contributed by atoms with E-state index in [1.807, 2.05) is 16.7 Å². The summed E-state index contributed by atoms with van der Waals surface area (Å²) in [6, 6.07) is 7.55. The van der Waals surface area contributed by atoms with E-state index in [4.69, 9.17) is 14.2 Å². The van der Waals surface area contributed by atoms with Crippen LogP contribution in [0.1, 0.15) is 5.56 Å². The molecule has 0 spiro atoms. The first-order chi connectivity index (χ1) is 11.2. The molecule has 3 aromatic rings. The lowest BCUT2D eigenvalue weighted by Crippen LogP contribution is -2.18. The van der Waals surface area contributed by atoms with Gasteiger partial charge >= 0.3 is 0 Å². The number of methoxy groups -OCH3 is 3. The van der Waals surface area contributed by atoms with E-state index in [-0.39, 0.29) is 5.56 Å². The molecule has 23 heavy (non-hydrogen) atoms. The maximum Gasteiger partial charge on any atom is 0.259 e. The topological polar surface area (TPSA) is 49.7 Å². The fourth-order valence-electron chi connectivity index (χ4n) is 3.58. The second kappa shape index (κ2) is 4.91. The Kier molecular flexibility index (Phi) is 2.98. The van der Waals surface area contributed by atoms with E-state index in [1.165, 1.54) is 0 Å². The predicted molar refractivity (Wildman–Crippen MR) is 89.1 cm³/mol. The summed E-state index contributed by atoms with van der Waals surface area (Å²) < 4.78 is 18.4. The van der Waals surface area contributed by atoms with Crippen molar-refractivity contribution >= 4 is 21.7 Å². The van der Waals surface area contributed by atoms with Crippen LogP contribution in [0.2, 0.25) is 0 Å². The Morgan fingerprint density at radius 1 is 0.913 bits per heavy atom. The van der Waals surface area contributed by atoms with Crippen molar-refractivity contribution in [2.45, 2.75) is 13.0 Å². The second-order valence-electron chi connectivity index (χ2n) is 5.58. The minimum atomic E-state index is 0.000422. The van der Waals surface area contributed by atoms with Gasteiger partial charge < -0.3 is 18.8 Å². The Labute approximate surface area is 133 Å². The van der Waals surface area contributed by atoms with Crippen LogP contribution in [0.25, 0.3) is 21.7 Å². The number of fused-ring (bicyclic) bond motifs is 2. The SMILES string of the molecule is COc1ccc2c(=O)n3c4c(ccc(OC)c4c2c1OC)CC3. The van der Waals surface area contributed by atoms with Gasteiger partial charge in [-0.15, -0.1) is 0 Å². The fourth-order valence-corrected chi connectivity index (χ4v) is 3.58. The van der Waals surface area contributed by atoms with Gasteiger partial charge in [0.05, 0.1) is 37.6 Å². The van der Waals surface area contributed by atoms with Crippen LogP contribution in [0.15, 0.2) is 29.1 Å². The van der Waals surface area contributed by atoms with Gasteiger partial charge in [-0.1, -0.05) is 6.07 Å². The lowest BCUT2D eigenvalue weighted by Gasteiger charge is -2.16. The third-order valence-electron chi connectivity index (χ3n) is 4.59. The maximum absolute atomic E-state index is 12.9. The van der Waals surface area contributed by atoms with Crippen LogP contribution >= 0.6 is 0 Å². The van der Waals surface area contributed by atoms with Crippen LogP contribution in [0.3, 0.4) is 0 Å². The molecule has 118 valence electrons. The molecule has 1 aliphatic rings. The Balaban J connectivity index is 2.37. The van der Waals surface area contributed by atoms with Gasteiger partial charge in [0.2, 0.25) is 0 Å². The van der Waals surface area contributed by atoms with Crippen molar-refractivity contribution in [3.8, 4) is 17.2 Å². The molecule has 2 heterocycles. The molecule has 2 aromatic carbocycles. The standard InChI is InChI=1S/C18H17NO4/c1-21-12-6-4-10-8-9-19-16(10)15(12)14-11(18(19)20)5-7-13(22-2)17(14)23-3/h4-7H,8-9H2,1-3H3. The number of hydrogen-bond donors (Lipinski definition) is 0. The molecule has 0 saturated heterocycles. The lowest BCUT2D eigenvalue weighted by atomic mass is 10.0. The maximum atomic E-state index is 12.9. The molecule has 0 N–H and O–H groups in total. The molecule has 0 unspecified atom stereocenters. The monoisotopic (exact) mass is 311 g/mol. The highest BCUT2D eigenvalue weighted by atomic mass is 16.5. The highest BCUT2D eigenvalue weighted by molar-refractivity contribution is 6.13. The van der Waals surface area contributed by atoms with Crippen LogP contribution in [-0.2, 0) is 13.0 Å². The Bertz CT molecular complexity index is 1000. The molecule has 1 aromatic heterocycles. The minimum Gasteiger partial charge on any atom is -0.496 e. The fraction of sp³-hybridized carbons (Fsp3) is 0.278. The Hall–Kier alpha value is -2.69. The summed E-state index contributed by atoms with van der Waals surface area (Å²) >= 11 is 0. The molecule has 0 atom stereocenters. The van der Waals surface area contributed by atoms with E-state index in [9.17, 15) is 4.79 Å². The van der Waals surface area contributed by atoms with Crippen molar-refractivity contribution in [2.75, 3.05) is 21.3 Å². The summed E-state index contributed by atoms with van der Waals surface area (Å²) in [5.41, 5.74) is 2.10. The first-order valence-electron chi connectivity index (χ1n) is 7.48. The summed E-state index contributed by atoms with van der Waals surface area (Å²) in [4.78, 5) is 12.9. The molecular formula is C18H17NO4. The largest absolute Gasteiger partial charge is 0.496 e. The van der Waals surface area contributed by atoms with Crippen LogP contribution in [0, 0.1) is 0 Å². The number of pyridine rings is 1. The zero-order chi connectivity index (χ0) is 16.1. The van der Waals surface area contributed by atoms with Gasteiger partial charge in [-0.25, -0.2) is 0 Å². The predicted octanol–water partition coefficient (Wildman–Crippen LogP) is 2.74. The van der Waals surface area contributed by atoms with Gasteiger partial charge in [-0.2, -0.15) is 0 Å². The first-order valence-corrected chi connectivity index (χ1v) is 7.48. The quantitative estimate of drug-likeness (QED) is 0.698. The number of ether oxygens (including phenoxy) is 3. The molecule has 5 heteroatoms. The summed E-state index contributed by atoms with van der Waals surface area (Å²) in [7, 11) is 4.82. The molecule has 0 amide bonds. The summed E-state index contributed by atoms with van der Waals surface area (Å²) in [6.07, 6.45) is 0.853. The second-order valence-corrected chi connectivity index (χ2v) is 5.58. The van der Waals surface area contributed by atoms with Crippen molar-refractivity contribution < 1.29 is 14.2 Å². The number of nitrogens with zero attached hydrogens (tertiary/aromatic N) is 1.